The van der Waals surface area contributed by atoms with Crippen LogP contribution in [0, 0.1) is 11.8 Å². The van der Waals surface area contributed by atoms with Crippen LogP contribution in [-0.2, 0) is 19.8 Å². The maximum Gasteiger partial charge on any atom is 0.303 e. The van der Waals surface area contributed by atoms with Gasteiger partial charge in [-0.1, -0.05) is 49.6 Å². The first-order valence-electron chi connectivity index (χ1n) is 15.8. The molecule has 2 N–H and O–H groups in total. The number of aromatic nitrogens is 1. The SMILES string of the molecule is C=CCCNC(=O)[C@@H]1CC=CC2=C3C(=Cn4c(cc5c(OC)ccc(C6CCCCC6)c54)C21)C3C(=O)NS(=O)(=O)N(C)CC=C. The van der Waals surface area contributed by atoms with Gasteiger partial charge in [0.05, 0.1) is 24.5 Å². The van der Waals surface area contributed by atoms with Crippen LogP contribution in [0.25, 0.3) is 17.1 Å². The number of carbonyl (C=O) groups is 2. The van der Waals surface area contributed by atoms with Crippen molar-refractivity contribution in [3.8, 4) is 5.75 Å². The maximum absolute atomic E-state index is 13.7. The van der Waals surface area contributed by atoms with Gasteiger partial charge in [-0.3, -0.25) is 9.59 Å². The van der Waals surface area contributed by atoms with Crippen LogP contribution in [0.2, 0.25) is 0 Å². The molecule has 0 radical (unpaired) electrons. The zero-order valence-electron chi connectivity index (χ0n) is 26.1. The number of allylic oxidation sites excluding steroid dienone is 3. The van der Waals surface area contributed by atoms with Crippen LogP contribution in [-0.4, -0.2) is 56.4 Å². The third-order valence-electron chi connectivity index (χ3n) is 9.71. The summed E-state index contributed by atoms with van der Waals surface area (Å²) in [7, 11) is -0.990. The van der Waals surface area contributed by atoms with E-state index in [2.05, 4.69) is 39.9 Å². The lowest BCUT2D eigenvalue weighted by atomic mass is 9.76. The molecule has 9 nitrogen and oxygen atoms in total. The standard InChI is InChI=1S/C35H42N4O5S/c1-5-7-18-36-34(40)25-15-11-14-24-30(25)28-20-26-29(44-4)17-16-23(22-12-9-8-10-13-22)33(26)39(28)21-27-31(24)32(27)35(41)37-45(42,43)38(3)19-6-2/h5-6,11,14,16-17,20-22,25,30,32H,1-2,7-10,12-13,15,18-19H2,3-4H3,(H,36,40)(H,37,41)/t25-,30?,32?/m1/s1. The largest absolute Gasteiger partial charge is 0.496 e. The fourth-order valence-corrected chi connectivity index (χ4v) is 8.27. The molecular weight excluding hydrogens is 588 g/mol. The van der Waals surface area contributed by atoms with Crippen molar-refractivity contribution in [1.82, 2.24) is 18.9 Å². The number of amides is 2. The molecule has 2 amide bonds. The Kier molecular flexibility index (Phi) is 8.63. The summed E-state index contributed by atoms with van der Waals surface area (Å²) in [5, 5.41) is 4.06. The fourth-order valence-electron chi connectivity index (χ4n) is 7.44. The zero-order valence-corrected chi connectivity index (χ0v) is 26.9. The average Bonchev–Trinajstić information content (AvgIpc) is 3.67. The Bertz CT molecular complexity index is 1760. The summed E-state index contributed by atoms with van der Waals surface area (Å²) in [5.41, 5.74) is 5.69. The molecule has 1 aromatic carbocycles. The molecule has 2 unspecified atom stereocenters. The van der Waals surface area contributed by atoms with E-state index in [4.69, 9.17) is 4.74 Å². The Morgan fingerprint density at radius 3 is 2.62 bits per heavy atom. The Morgan fingerprint density at radius 1 is 1.13 bits per heavy atom. The lowest BCUT2D eigenvalue weighted by Crippen LogP contribution is -2.42. The summed E-state index contributed by atoms with van der Waals surface area (Å²) >= 11 is 0. The van der Waals surface area contributed by atoms with E-state index < -0.39 is 28.0 Å². The number of likely N-dealkylation sites (N-methyl/N-ethyl adjacent to an activating group) is 1. The zero-order chi connectivity index (χ0) is 31.9. The van der Waals surface area contributed by atoms with E-state index in [1.807, 2.05) is 24.4 Å². The van der Waals surface area contributed by atoms with Crippen molar-refractivity contribution in [2.24, 2.45) is 11.8 Å². The molecule has 2 saturated carbocycles. The van der Waals surface area contributed by atoms with E-state index in [0.29, 0.717) is 25.3 Å². The summed E-state index contributed by atoms with van der Waals surface area (Å²) in [6, 6.07) is 6.36. The first-order chi connectivity index (χ1) is 21.7. The molecule has 3 aliphatic carbocycles. The number of rotatable bonds is 11. The van der Waals surface area contributed by atoms with Gasteiger partial charge in [0.1, 0.15) is 5.75 Å². The minimum atomic E-state index is -4.06. The van der Waals surface area contributed by atoms with E-state index in [1.54, 1.807) is 13.2 Å². The van der Waals surface area contributed by atoms with Crippen LogP contribution in [0.5, 0.6) is 5.75 Å². The summed E-state index contributed by atoms with van der Waals surface area (Å²) in [5.74, 6) is -0.989. The van der Waals surface area contributed by atoms with Gasteiger partial charge in [-0.2, -0.15) is 12.7 Å². The number of methoxy groups -OCH3 is 1. The second kappa shape index (κ2) is 12.5. The Morgan fingerprint density at radius 2 is 1.91 bits per heavy atom. The highest BCUT2D eigenvalue weighted by Crippen LogP contribution is 2.57. The van der Waals surface area contributed by atoms with Crippen LogP contribution < -0.4 is 14.8 Å². The Hall–Kier alpha value is -3.89. The predicted octanol–water partition coefficient (Wildman–Crippen LogP) is 5.31. The maximum atomic E-state index is 13.7. The predicted molar refractivity (Wildman–Crippen MR) is 177 cm³/mol. The number of nitrogens with zero attached hydrogens (tertiary/aromatic N) is 2. The molecule has 2 heterocycles. The molecule has 4 aliphatic rings. The van der Waals surface area contributed by atoms with Crippen molar-refractivity contribution in [3.63, 3.8) is 0 Å². The van der Waals surface area contributed by atoms with Gasteiger partial charge in [0.15, 0.2) is 0 Å². The number of hydrogen-bond acceptors (Lipinski definition) is 5. The summed E-state index contributed by atoms with van der Waals surface area (Å²) in [6.07, 6.45) is 16.3. The summed E-state index contributed by atoms with van der Waals surface area (Å²) < 4.78 is 37.2. The van der Waals surface area contributed by atoms with Crippen molar-refractivity contribution in [2.45, 2.75) is 56.8 Å². The molecule has 0 bridgehead atoms. The third-order valence-corrected chi connectivity index (χ3v) is 11.1. The molecule has 2 aromatic rings. The minimum Gasteiger partial charge on any atom is -0.496 e. The molecule has 0 saturated heterocycles. The van der Waals surface area contributed by atoms with Crippen LogP contribution in [0.3, 0.4) is 0 Å². The second-order valence-electron chi connectivity index (χ2n) is 12.4. The van der Waals surface area contributed by atoms with Crippen molar-refractivity contribution >= 4 is 39.1 Å². The number of benzene rings is 1. The van der Waals surface area contributed by atoms with E-state index in [-0.39, 0.29) is 18.4 Å². The van der Waals surface area contributed by atoms with E-state index in [9.17, 15) is 18.0 Å². The van der Waals surface area contributed by atoms with Gasteiger partial charge < -0.3 is 14.6 Å². The highest BCUT2D eigenvalue weighted by molar-refractivity contribution is 7.87. The summed E-state index contributed by atoms with van der Waals surface area (Å²) in [4.78, 5) is 27.4. The van der Waals surface area contributed by atoms with Gasteiger partial charge in [-0.25, -0.2) is 4.72 Å². The lowest BCUT2D eigenvalue weighted by molar-refractivity contribution is -0.125. The van der Waals surface area contributed by atoms with Crippen LogP contribution >= 0.6 is 0 Å². The molecule has 3 atom stereocenters. The topological polar surface area (TPSA) is 110 Å². The first-order valence-corrected chi connectivity index (χ1v) is 17.3. The minimum absolute atomic E-state index is 0.0562. The molecule has 2 fully saturated rings. The third kappa shape index (κ3) is 5.59. The van der Waals surface area contributed by atoms with Crippen molar-refractivity contribution in [1.29, 1.82) is 0 Å². The monoisotopic (exact) mass is 630 g/mol. The molecule has 1 aromatic heterocycles. The Labute approximate surface area is 265 Å². The fraction of sp³-hybridized carbons (Fsp3) is 0.429. The van der Waals surface area contributed by atoms with Gasteiger partial charge in [-0.15, -0.1) is 13.2 Å². The molecule has 45 heavy (non-hydrogen) atoms. The first kappa shape index (κ1) is 31.1. The molecule has 10 heteroatoms. The highest BCUT2D eigenvalue weighted by Gasteiger charge is 2.51. The van der Waals surface area contributed by atoms with Crippen molar-refractivity contribution in [2.75, 3.05) is 27.2 Å². The van der Waals surface area contributed by atoms with E-state index in [0.717, 1.165) is 56.2 Å². The van der Waals surface area contributed by atoms with Gasteiger partial charge in [0.2, 0.25) is 11.8 Å². The number of hydrogen-bond donors (Lipinski definition) is 2. The normalized spacial score (nSPS) is 22.6. The Balaban J connectivity index is 1.51. The van der Waals surface area contributed by atoms with Gasteiger partial charge in [0, 0.05) is 43.3 Å². The number of ether oxygens (including phenoxy) is 1. The van der Waals surface area contributed by atoms with Crippen LogP contribution in [0.1, 0.15) is 68.0 Å². The number of nitrogens with one attached hydrogen (secondary N) is 2. The van der Waals surface area contributed by atoms with Gasteiger partial charge >= 0.3 is 10.2 Å². The molecular formula is C35H42N4O5S. The van der Waals surface area contributed by atoms with Crippen molar-refractivity contribution < 1.29 is 22.7 Å². The second-order valence-corrected chi connectivity index (χ2v) is 14.2. The van der Waals surface area contributed by atoms with Crippen LogP contribution in [0.15, 0.2) is 72.4 Å². The number of fused-ring (bicyclic) bond motifs is 6. The van der Waals surface area contributed by atoms with E-state index in [1.165, 1.54) is 37.9 Å². The lowest BCUT2D eigenvalue weighted by Gasteiger charge is -2.30. The molecule has 238 valence electrons. The smallest absolute Gasteiger partial charge is 0.303 e. The molecule has 1 aliphatic heterocycles. The average molecular weight is 631 g/mol. The molecule has 0 spiro atoms. The van der Waals surface area contributed by atoms with Gasteiger partial charge in [-0.05, 0) is 66.0 Å². The summed E-state index contributed by atoms with van der Waals surface area (Å²) in [6.45, 7) is 7.94. The van der Waals surface area contributed by atoms with Crippen molar-refractivity contribution in [3.05, 3.63) is 83.6 Å². The molecule has 6 rings (SSSR count). The quantitative estimate of drug-likeness (QED) is 0.258. The van der Waals surface area contributed by atoms with E-state index >= 15 is 0 Å². The van der Waals surface area contributed by atoms with Gasteiger partial charge in [0.25, 0.3) is 0 Å². The number of carbonyl (C=O) groups excluding carboxylic acids is 2. The highest BCUT2D eigenvalue weighted by atomic mass is 32.2. The van der Waals surface area contributed by atoms with Crippen LogP contribution in [0.4, 0.5) is 0 Å².